The van der Waals surface area contributed by atoms with E-state index in [9.17, 15) is 157 Å². The SMILES string of the molecule is O=c1c(OS(=O)(=O)[O-])c(-c2ccc(OS(=O)(=O)[O-])c(OS(=O)(=O)[O-])c2)oc2cc(OS(=O)(=O)[O-])cc(OCCCOc3cc(-c4oc5cc(OS(=O)(=O)[O-])cc(OCCCOc6cc(OS(=O)(=O)[O-])cc7oc(-c8ccc(OS(=O)(=O)[O-])c(OS(=O)(=O)[O-])c8)c(OS(=O)(=O)[O-])c(=O)c67)c5c(=O)c4OS(=O)(=O)[O-])ccc3OS(=O)(=O)[O-])c12.[Na+].[Na+].[Na+].[Na+].[Na+].[Na+].[Na+].[Na+].[Na+].[Na+].[Na+]. The third kappa shape index (κ3) is 40.7. The molecule has 9 rings (SSSR count). The molecule has 0 aliphatic carbocycles. The summed E-state index contributed by atoms with van der Waals surface area (Å²) in [5, 5.41) is -3.31. The molecule has 632 valence electrons. The van der Waals surface area contributed by atoms with E-state index in [-0.39, 0.29) is 337 Å². The summed E-state index contributed by atoms with van der Waals surface area (Å²) in [4.78, 5) is 42.9. The van der Waals surface area contributed by atoms with Crippen LogP contribution >= 0.6 is 0 Å². The van der Waals surface area contributed by atoms with Crippen LogP contribution in [0.4, 0.5) is 0 Å². The maximum atomic E-state index is 14.5. The Bertz CT molecular complexity index is 7130. The van der Waals surface area contributed by atoms with E-state index in [2.05, 4.69) is 46.0 Å². The van der Waals surface area contributed by atoms with Gasteiger partial charge in [0.05, 0.1) is 26.4 Å². The first-order valence-electron chi connectivity index (χ1n) is 28.6. The Morgan fingerprint density at radius 2 is 0.409 bits per heavy atom. The molecule has 54 nitrogen and oxygen atoms in total. The number of rotatable bonds is 37. The minimum Gasteiger partial charge on any atom is -0.716 e. The standard InChI is InChI=1S/C51H38O54S11.11Na/c52-43-40-35(90-11-2-12-91-36-18-27(97-108(61,62)63)21-39-42(36)45(54)51(105-116(85,86)87)48(94-39)24-5-8-30(100-111(70,71)72)33(15-24)102-113(76,77)78)17-25(95-106(55,56)57)19-37(40)92-46(49(43)103-114(79,80)81)22-3-6-28(98-109(64,65)66)31(13-22)88-9-1-10-89-34-16-26(96-107(58,59)60)20-38-41(34)44(53)50(104-115(82,83)84)47(93-38)23-4-7-29(99-110(67,68)69)32(14-23)101-112(73,74)75;;;;;;;;;;;/h3-8,13-21H,1-2,9-12H2,(H,55,56,57)(H,58,59,60)(H,61,62,63)(H,64,65,66)(H,67,68,69)(H,70,71,72)(H,73,74,75)(H,76,77,78)(H,79,80,81)(H,82,83,84)(H,85,86,87);;;;;;;;;;;/q;11*+1/p-11. The van der Waals surface area contributed by atoms with Crippen molar-refractivity contribution in [1.29, 1.82) is 0 Å². The van der Waals surface area contributed by atoms with Crippen molar-refractivity contribution in [3.8, 4) is 120 Å². The zero-order valence-electron chi connectivity index (χ0n) is 65.4. The molecule has 0 fully saturated rings. The van der Waals surface area contributed by atoms with Gasteiger partial charge in [0.2, 0.25) is 33.5 Å². The average molecular weight is 2110 g/mol. The summed E-state index contributed by atoms with van der Waals surface area (Å²) in [6.07, 6.45) is -1.38. The Morgan fingerprint density at radius 3 is 0.622 bits per heavy atom. The number of fused-ring (bicyclic) bond motifs is 3. The predicted molar refractivity (Wildman–Crippen MR) is 349 cm³/mol. The van der Waals surface area contributed by atoms with Gasteiger partial charge in [0.1, 0.15) is 67.4 Å². The van der Waals surface area contributed by atoms with Gasteiger partial charge in [0.25, 0.3) is 114 Å². The smallest absolute Gasteiger partial charge is 0.716 e. The van der Waals surface area contributed by atoms with Gasteiger partial charge in [0.15, 0.2) is 51.8 Å². The minimum atomic E-state index is -6.22. The van der Waals surface area contributed by atoms with E-state index in [0.29, 0.717) is 78.9 Å². The fourth-order valence-corrected chi connectivity index (χ4v) is 13.3. The van der Waals surface area contributed by atoms with E-state index in [1.54, 1.807) is 0 Å². The summed E-state index contributed by atoms with van der Waals surface area (Å²) in [6.45, 7) is -3.78. The molecule has 127 heavy (non-hydrogen) atoms. The van der Waals surface area contributed by atoms with E-state index in [1.165, 1.54) is 0 Å². The van der Waals surface area contributed by atoms with Crippen LogP contribution in [0.25, 0.3) is 66.9 Å². The maximum absolute atomic E-state index is 14.5. The monoisotopic (exact) mass is 2110 g/mol. The normalized spacial score (nSPS) is 11.7. The quantitative estimate of drug-likeness (QED) is 0.0151. The summed E-state index contributed by atoms with van der Waals surface area (Å²) in [5.74, 6) is -23.7. The molecule has 0 N–H and O–H groups in total. The van der Waals surface area contributed by atoms with Gasteiger partial charge in [-0.3, -0.25) is 14.4 Å². The topological polar surface area (TPSA) is 858 Å². The van der Waals surface area contributed by atoms with Gasteiger partial charge in [0, 0.05) is 65.9 Å². The minimum absolute atomic E-state index is 0. The number of ether oxygens (including phenoxy) is 4. The molecule has 0 spiro atoms. The zero-order chi connectivity index (χ0) is 86.4. The van der Waals surface area contributed by atoms with Crippen molar-refractivity contribution >= 4 is 147 Å². The van der Waals surface area contributed by atoms with Gasteiger partial charge in [-0.25, -0.2) is 92.6 Å². The summed E-state index contributed by atoms with van der Waals surface area (Å²) >= 11 is 0. The van der Waals surface area contributed by atoms with E-state index in [4.69, 9.17) is 32.2 Å². The van der Waals surface area contributed by atoms with E-state index < -0.39 is 323 Å². The van der Waals surface area contributed by atoms with Crippen molar-refractivity contribution in [1.82, 2.24) is 0 Å². The van der Waals surface area contributed by atoms with Crippen molar-refractivity contribution in [3.63, 3.8) is 0 Å². The molecule has 0 saturated heterocycles. The molecule has 3 heterocycles. The Balaban J connectivity index is -0.0000140. The predicted octanol–water partition coefficient (Wildman–Crippen LogP) is -35.0. The zero-order valence-corrected chi connectivity index (χ0v) is 96.4. The van der Waals surface area contributed by atoms with Crippen LogP contribution in [0.1, 0.15) is 12.8 Å². The molecular weight excluding hydrogens is 2080 g/mol. The molecule has 0 aliphatic heterocycles. The van der Waals surface area contributed by atoms with Crippen molar-refractivity contribution in [2.24, 2.45) is 0 Å². The Morgan fingerprint density at radius 1 is 0.220 bits per heavy atom. The van der Waals surface area contributed by atoms with Crippen molar-refractivity contribution < 1.29 is 546 Å². The summed E-state index contributed by atoms with van der Waals surface area (Å²) in [5.41, 5.74) is -11.5. The van der Waals surface area contributed by atoms with Crippen LogP contribution in [0, 0.1) is 0 Å². The van der Waals surface area contributed by atoms with Gasteiger partial charge in [-0.05, 0) is 54.6 Å². The Kier molecular flexibility index (Phi) is 53.4. The van der Waals surface area contributed by atoms with E-state index in [0.717, 1.165) is 0 Å². The summed E-state index contributed by atoms with van der Waals surface area (Å²) in [7, 11) is -65.7. The van der Waals surface area contributed by atoms with Gasteiger partial charge >= 0.3 is 325 Å². The third-order valence-electron chi connectivity index (χ3n) is 13.0. The second-order valence-corrected chi connectivity index (χ2v) is 32.0. The molecule has 0 radical (unpaired) electrons. The molecule has 9 aromatic rings. The third-order valence-corrected chi connectivity index (χ3v) is 17.2. The molecule has 0 atom stereocenters. The molecule has 6 aromatic carbocycles. The number of benzene rings is 6. The van der Waals surface area contributed by atoms with Crippen LogP contribution in [0.5, 0.6) is 86.2 Å². The summed E-state index contributed by atoms with van der Waals surface area (Å²) in [6, 6.07) is 6.08. The fraction of sp³-hybridized carbons (Fsp3) is 0.118. The second kappa shape index (κ2) is 51.7. The Labute approximate surface area is 957 Å². The molecular formula is C51H27Na11O54S11. The molecule has 76 heteroatoms. The van der Waals surface area contributed by atoms with Crippen LogP contribution in [-0.2, 0) is 114 Å². The molecule has 0 bridgehead atoms. The van der Waals surface area contributed by atoms with Crippen molar-refractivity contribution in [2.45, 2.75) is 12.8 Å². The van der Waals surface area contributed by atoms with Crippen molar-refractivity contribution in [2.75, 3.05) is 26.4 Å². The molecule has 3 aromatic heterocycles. The average Bonchev–Trinajstić information content (AvgIpc) is 0.760. The van der Waals surface area contributed by atoms with Crippen LogP contribution in [0.3, 0.4) is 0 Å². The molecule has 0 unspecified atom stereocenters. The summed E-state index contributed by atoms with van der Waals surface area (Å²) < 4.78 is 474. The van der Waals surface area contributed by atoms with Crippen molar-refractivity contribution in [3.05, 3.63) is 122 Å². The largest absolute Gasteiger partial charge is 1.00 e. The molecule has 0 amide bonds. The fourth-order valence-electron chi connectivity index (χ4n) is 9.47. The number of hydrogen-bond acceptors (Lipinski definition) is 54. The molecule has 0 saturated carbocycles. The van der Waals surface area contributed by atoms with Crippen LogP contribution < -0.4 is 406 Å². The molecule has 0 aliphatic rings. The first-order chi connectivity index (χ1) is 53.0. The number of hydrogen-bond donors (Lipinski definition) is 0. The Hall–Kier alpha value is -0.0400. The van der Waals surface area contributed by atoms with Crippen LogP contribution in [0.2, 0.25) is 0 Å². The van der Waals surface area contributed by atoms with E-state index >= 15 is 0 Å². The van der Waals surface area contributed by atoms with Crippen LogP contribution in [-0.4, -0.2) is 169 Å². The van der Waals surface area contributed by atoms with Gasteiger partial charge in [-0.2, -0.15) is 0 Å². The maximum Gasteiger partial charge on any atom is 1.00 e. The van der Waals surface area contributed by atoms with E-state index in [1.807, 2.05) is 0 Å². The van der Waals surface area contributed by atoms with Gasteiger partial charge in [-0.15, -0.1) is 0 Å². The van der Waals surface area contributed by atoms with Gasteiger partial charge < -0.3 is 128 Å². The van der Waals surface area contributed by atoms with Gasteiger partial charge in [-0.1, -0.05) is 0 Å². The second-order valence-electron chi connectivity index (χ2n) is 21.1. The van der Waals surface area contributed by atoms with Crippen LogP contribution in [0.15, 0.2) is 119 Å². The first kappa shape index (κ1) is 131. The first-order valence-corrected chi connectivity index (χ1v) is 43.2.